The van der Waals surface area contributed by atoms with E-state index in [2.05, 4.69) is 29.3 Å². The van der Waals surface area contributed by atoms with E-state index in [0.717, 1.165) is 25.0 Å². The maximum atomic E-state index is 12.7. The molecule has 0 aromatic carbocycles. The fourth-order valence-corrected chi connectivity index (χ4v) is 5.30. The highest BCUT2D eigenvalue weighted by Gasteiger charge is 2.60. The minimum absolute atomic E-state index is 0.123. The number of hydrogen-bond donors (Lipinski definition) is 1. The van der Waals surface area contributed by atoms with Crippen LogP contribution in [0, 0.1) is 6.92 Å². The number of carbonyl (C=O) groups excluding carboxylic acids is 1. The van der Waals surface area contributed by atoms with E-state index >= 15 is 0 Å². The molecule has 1 saturated carbocycles. The molecule has 1 aliphatic carbocycles. The monoisotopic (exact) mass is 294 g/mol. The minimum atomic E-state index is -0.199. The second-order valence-electron chi connectivity index (χ2n) is 5.81. The Morgan fingerprint density at radius 3 is 2.84 bits per heavy atom. The number of hydrogen-bond acceptors (Lipinski definition) is 4. The molecule has 2 aliphatic heterocycles. The molecular weight excluding hydrogens is 276 g/mol. The van der Waals surface area contributed by atoms with Gasteiger partial charge in [-0.05, 0) is 44.1 Å². The number of amides is 1. The van der Waals surface area contributed by atoms with Crippen molar-refractivity contribution in [3.05, 3.63) is 21.9 Å². The van der Waals surface area contributed by atoms with Gasteiger partial charge in [-0.15, -0.1) is 11.3 Å². The molecule has 1 amide bonds. The molecule has 1 aromatic heterocycles. The van der Waals surface area contributed by atoms with Crippen molar-refractivity contribution in [3.8, 4) is 0 Å². The maximum absolute atomic E-state index is 12.7. The first-order valence-corrected chi connectivity index (χ1v) is 8.91. The summed E-state index contributed by atoms with van der Waals surface area (Å²) in [6.07, 6.45) is 3.30. The van der Waals surface area contributed by atoms with Crippen molar-refractivity contribution >= 4 is 29.0 Å². The molecule has 19 heavy (non-hydrogen) atoms. The average molecular weight is 294 g/mol. The number of nitrogens with one attached hydrogen (secondary N) is 1. The highest BCUT2D eigenvalue weighted by Crippen LogP contribution is 2.48. The van der Waals surface area contributed by atoms with Gasteiger partial charge in [-0.3, -0.25) is 10.1 Å². The molecule has 5 heteroatoms. The lowest BCUT2D eigenvalue weighted by atomic mass is 10.2. The van der Waals surface area contributed by atoms with E-state index < -0.39 is 0 Å². The van der Waals surface area contributed by atoms with E-state index in [0.29, 0.717) is 11.9 Å². The number of aryl methyl sites for hydroxylation is 1. The molecule has 3 nitrogen and oxygen atoms in total. The Morgan fingerprint density at radius 1 is 1.42 bits per heavy atom. The van der Waals surface area contributed by atoms with Crippen LogP contribution >= 0.6 is 23.1 Å². The lowest BCUT2D eigenvalue weighted by molar-refractivity contribution is -0.132. The van der Waals surface area contributed by atoms with Gasteiger partial charge in [-0.1, -0.05) is 0 Å². The molecule has 0 radical (unpaired) electrons. The fourth-order valence-electron chi connectivity index (χ4n) is 3.17. The molecule has 2 atom stereocenters. The standard InChI is InChI=1S/C14H18N2OS2/c1-9-2-3-11(19-9)12-15-14(5-6-14)13(17)16(12)10-4-7-18-8-10/h2-3,10,12,15H,4-8H2,1H3. The van der Waals surface area contributed by atoms with Crippen molar-refractivity contribution in [1.82, 2.24) is 10.2 Å². The SMILES string of the molecule is Cc1ccc(C2NC3(CC3)C(=O)N2C2CCSC2)s1. The molecule has 0 bridgehead atoms. The van der Waals surface area contributed by atoms with Gasteiger partial charge in [-0.2, -0.15) is 11.8 Å². The second-order valence-corrected chi connectivity index (χ2v) is 8.28. The highest BCUT2D eigenvalue weighted by molar-refractivity contribution is 7.99. The van der Waals surface area contributed by atoms with E-state index in [9.17, 15) is 4.79 Å². The van der Waals surface area contributed by atoms with E-state index in [1.165, 1.54) is 15.5 Å². The van der Waals surface area contributed by atoms with Gasteiger partial charge in [0.15, 0.2) is 0 Å². The summed E-state index contributed by atoms with van der Waals surface area (Å²) in [5.74, 6) is 2.65. The molecule has 102 valence electrons. The third-order valence-corrected chi connectivity index (χ3v) is 6.61. The van der Waals surface area contributed by atoms with E-state index in [1.54, 1.807) is 0 Å². The first kappa shape index (κ1) is 12.2. The van der Waals surface area contributed by atoms with Gasteiger partial charge in [0.2, 0.25) is 5.91 Å². The van der Waals surface area contributed by atoms with Crippen molar-refractivity contribution < 1.29 is 4.79 Å². The van der Waals surface area contributed by atoms with Crippen LogP contribution in [0.25, 0.3) is 0 Å². The molecule has 1 N–H and O–H groups in total. The summed E-state index contributed by atoms with van der Waals surface area (Å²) in [7, 11) is 0. The summed E-state index contributed by atoms with van der Waals surface area (Å²) in [4.78, 5) is 17.5. The molecule has 2 saturated heterocycles. The topological polar surface area (TPSA) is 32.3 Å². The summed E-state index contributed by atoms with van der Waals surface area (Å²) in [5.41, 5.74) is -0.199. The van der Waals surface area contributed by atoms with E-state index in [-0.39, 0.29) is 11.7 Å². The number of thioether (sulfide) groups is 1. The van der Waals surface area contributed by atoms with Crippen LogP contribution in [0.5, 0.6) is 0 Å². The van der Waals surface area contributed by atoms with Crippen molar-refractivity contribution in [1.29, 1.82) is 0 Å². The van der Waals surface area contributed by atoms with Crippen molar-refractivity contribution in [2.45, 2.75) is 43.9 Å². The molecule has 3 fully saturated rings. The number of thiophene rings is 1. The molecule has 1 spiro atoms. The Bertz CT molecular complexity index is 517. The summed E-state index contributed by atoms with van der Waals surface area (Å²) >= 11 is 3.79. The average Bonchev–Trinajstić information content (AvgIpc) is 2.78. The zero-order chi connectivity index (χ0) is 13.0. The van der Waals surface area contributed by atoms with Crippen LogP contribution < -0.4 is 5.32 Å². The summed E-state index contributed by atoms with van der Waals surface area (Å²) < 4.78 is 0. The number of rotatable bonds is 2. The highest BCUT2D eigenvalue weighted by atomic mass is 32.2. The summed E-state index contributed by atoms with van der Waals surface area (Å²) in [5, 5.41) is 3.63. The lowest BCUT2D eigenvalue weighted by Gasteiger charge is -2.29. The zero-order valence-corrected chi connectivity index (χ0v) is 12.6. The minimum Gasteiger partial charge on any atom is -0.317 e. The first-order chi connectivity index (χ1) is 9.20. The van der Waals surface area contributed by atoms with Gasteiger partial charge in [0.05, 0.1) is 0 Å². The Balaban J connectivity index is 1.69. The van der Waals surface area contributed by atoms with Crippen LogP contribution in [0.2, 0.25) is 0 Å². The normalized spacial score (nSPS) is 32.5. The predicted octanol–water partition coefficient (Wildman–Crippen LogP) is 2.53. The fraction of sp³-hybridized carbons (Fsp3) is 0.643. The van der Waals surface area contributed by atoms with Gasteiger partial charge in [-0.25, -0.2) is 0 Å². The van der Waals surface area contributed by atoms with Crippen LogP contribution in [0.15, 0.2) is 12.1 Å². The van der Waals surface area contributed by atoms with Crippen LogP contribution in [0.4, 0.5) is 0 Å². The Morgan fingerprint density at radius 2 is 2.26 bits per heavy atom. The van der Waals surface area contributed by atoms with Crippen LogP contribution in [-0.4, -0.2) is 33.9 Å². The van der Waals surface area contributed by atoms with Gasteiger partial charge in [0.25, 0.3) is 0 Å². The number of nitrogens with zero attached hydrogens (tertiary/aromatic N) is 1. The van der Waals surface area contributed by atoms with Gasteiger partial charge in [0.1, 0.15) is 11.7 Å². The van der Waals surface area contributed by atoms with Gasteiger partial charge < -0.3 is 4.90 Å². The third-order valence-electron chi connectivity index (χ3n) is 4.41. The third kappa shape index (κ3) is 1.86. The van der Waals surface area contributed by atoms with E-state index in [4.69, 9.17) is 0 Å². The van der Waals surface area contributed by atoms with Gasteiger partial charge >= 0.3 is 0 Å². The number of carbonyl (C=O) groups is 1. The first-order valence-electron chi connectivity index (χ1n) is 6.94. The molecule has 2 unspecified atom stereocenters. The van der Waals surface area contributed by atoms with Crippen molar-refractivity contribution in [3.63, 3.8) is 0 Å². The second kappa shape index (κ2) is 4.24. The smallest absolute Gasteiger partial charge is 0.244 e. The van der Waals surface area contributed by atoms with Crippen LogP contribution in [0.3, 0.4) is 0 Å². The summed E-state index contributed by atoms with van der Waals surface area (Å²) in [6, 6.07) is 4.77. The zero-order valence-electron chi connectivity index (χ0n) is 11.0. The molecule has 3 aliphatic rings. The van der Waals surface area contributed by atoms with Gasteiger partial charge in [0, 0.05) is 21.5 Å². The van der Waals surface area contributed by atoms with E-state index in [1.807, 2.05) is 23.1 Å². The Hall–Kier alpha value is -0.520. The molecular formula is C14H18N2OS2. The Labute approximate surface area is 121 Å². The molecule has 3 heterocycles. The molecule has 4 rings (SSSR count). The van der Waals surface area contributed by atoms with Crippen molar-refractivity contribution in [2.75, 3.05) is 11.5 Å². The Kier molecular flexibility index (Phi) is 2.73. The lowest BCUT2D eigenvalue weighted by Crippen LogP contribution is -2.40. The predicted molar refractivity (Wildman–Crippen MR) is 79.5 cm³/mol. The summed E-state index contributed by atoms with van der Waals surface area (Å²) in [6.45, 7) is 2.13. The maximum Gasteiger partial charge on any atom is 0.244 e. The van der Waals surface area contributed by atoms with Crippen LogP contribution in [0.1, 0.15) is 35.2 Å². The largest absolute Gasteiger partial charge is 0.317 e. The van der Waals surface area contributed by atoms with Crippen molar-refractivity contribution in [2.24, 2.45) is 0 Å². The quantitative estimate of drug-likeness (QED) is 0.910. The molecule has 1 aromatic rings. The van der Waals surface area contributed by atoms with Crippen LogP contribution in [-0.2, 0) is 4.79 Å².